The normalized spacial score (nSPS) is 14.4. The van der Waals surface area contributed by atoms with Crippen molar-refractivity contribution in [3.63, 3.8) is 0 Å². The fraction of sp³-hybridized carbons (Fsp3) is 0.500. The van der Waals surface area contributed by atoms with Gasteiger partial charge in [0, 0.05) is 12.8 Å². The molecule has 0 aliphatic heterocycles. The summed E-state index contributed by atoms with van der Waals surface area (Å²) in [5.41, 5.74) is 11.5. The van der Waals surface area contributed by atoms with Gasteiger partial charge >= 0.3 is 5.97 Å². The highest BCUT2D eigenvalue weighted by Crippen LogP contribution is 2.08. The van der Waals surface area contributed by atoms with Crippen LogP contribution in [0, 0.1) is 5.92 Å². The number of aliphatic hydroxyl groups is 1. The Balaban J connectivity index is 3.01. The molecule has 12 heteroatoms. The molecular weight excluding hydrogens is 446 g/mol. The second-order valence-corrected chi connectivity index (χ2v) is 8.17. The van der Waals surface area contributed by atoms with Crippen LogP contribution in [0.2, 0.25) is 0 Å². The highest BCUT2D eigenvalue weighted by atomic mass is 16.4. The van der Waals surface area contributed by atoms with Gasteiger partial charge in [-0.15, -0.1) is 0 Å². The minimum absolute atomic E-state index is 0.00434. The van der Waals surface area contributed by atoms with E-state index in [2.05, 4.69) is 16.0 Å². The van der Waals surface area contributed by atoms with Crippen molar-refractivity contribution in [2.24, 2.45) is 17.4 Å². The molecule has 0 spiro atoms. The average Bonchev–Trinajstić information content (AvgIpc) is 2.78. The van der Waals surface area contributed by atoms with Crippen molar-refractivity contribution in [3.8, 4) is 0 Å². The number of benzene rings is 1. The molecule has 0 aromatic heterocycles. The van der Waals surface area contributed by atoms with E-state index in [1.54, 1.807) is 44.2 Å². The van der Waals surface area contributed by atoms with Crippen molar-refractivity contribution in [3.05, 3.63) is 35.9 Å². The fourth-order valence-electron chi connectivity index (χ4n) is 3.00. The Labute approximate surface area is 197 Å². The molecular formula is C22H33N5O7. The molecule has 0 saturated carbocycles. The first kappa shape index (κ1) is 28.5. The second kappa shape index (κ2) is 13.9. The lowest BCUT2D eigenvalue weighted by molar-refractivity contribution is -0.143. The number of nitrogens with two attached hydrogens (primary N) is 2. The zero-order valence-electron chi connectivity index (χ0n) is 19.2. The lowest BCUT2D eigenvalue weighted by atomic mass is 10.00. The molecule has 1 rings (SSSR count). The summed E-state index contributed by atoms with van der Waals surface area (Å²) in [4.78, 5) is 60.3. The van der Waals surface area contributed by atoms with Crippen LogP contribution in [-0.4, -0.2) is 70.6 Å². The minimum atomic E-state index is -1.55. The molecule has 0 aliphatic carbocycles. The largest absolute Gasteiger partial charge is 0.480 e. The Morgan fingerprint density at radius 3 is 2.00 bits per heavy atom. The highest BCUT2D eigenvalue weighted by molar-refractivity contribution is 5.94. The third kappa shape index (κ3) is 9.55. The summed E-state index contributed by atoms with van der Waals surface area (Å²) in [5.74, 6) is -4.60. The van der Waals surface area contributed by atoms with Gasteiger partial charge in [0.1, 0.15) is 18.1 Å². The number of aliphatic carboxylic acids is 1. The van der Waals surface area contributed by atoms with Crippen molar-refractivity contribution in [2.75, 3.05) is 6.61 Å². The molecule has 1 aromatic carbocycles. The van der Waals surface area contributed by atoms with Crippen LogP contribution < -0.4 is 27.4 Å². The van der Waals surface area contributed by atoms with Gasteiger partial charge in [-0.05, 0) is 17.9 Å². The van der Waals surface area contributed by atoms with Gasteiger partial charge < -0.3 is 37.6 Å². The lowest BCUT2D eigenvalue weighted by Gasteiger charge is -2.27. The van der Waals surface area contributed by atoms with E-state index in [1.165, 1.54) is 0 Å². The van der Waals surface area contributed by atoms with E-state index in [-0.39, 0.29) is 19.3 Å². The molecule has 0 heterocycles. The van der Waals surface area contributed by atoms with Gasteiger partial charge in [-0.25, -0.2) is 4.79 Å². The maximum Gasteiger partial charge on any atom is 0.328 e. The number of amides is 4. The standard InChI is InChI=1S/C22H33N5O7/c1-12(2)18(27-19(30)14(23)8-9-17(24)29)21(32)25-15(10-13-6-4-3-5-7-13)20(31)26-16(11-28)22(33)34/h3-7,12,14-16,18,28H,8-11,23H2,1-2H3,(H2,24,29)(H,25,32)(H,26,31)(H,27,30)(H,33,34). The molecule has 0 aliphatic rings. The van der Waals surface area contributed by atoms with Crippen molar-refractivity contribution >= 4 is 29.6 Å². The highest BCUT2D eigenvalue weighted by Gasteiger charge is 2.31. The molecule has 4 amide bonds. The van der Waals surface area contributed by atoms with E-state index in [1.807, 2.05) is 0 Å². The number of hydrogen-bond donors (Lipinski definition) is 7. The smallest absolute Gasteiger partial charge is 0.328 e. The first-order valence-electron chi connectivity index (χ1n) is 10.8. The van der Waals surface area contributed by atoms with Crippen LogP contribution in [0.25, 0.3) is 0 Å². The number of primary amides is 1. The maximum absolute atomic E-state index is 13.0. The topological polar surface area (TPSA) is 214 Å². The molecule has 4 unspecified atom stereocenters. The van der Waals surface area contributed by atoms with Crippen LogP contribution in [0.1, 0.15) is 32.3 Å². The van der Waals surface area contributed by atoms with Crippen LogP contribution in [0.15, 0.2) is 30.3 Å². The average molecular weight is 480 g/mol. The summed E-state index contributed by atoms with van der Waals surface area (Å²) in [6.45, 7) is 2.52. The second-order valence-electron chi connectivity index (χ2n) is 8.17. The molecule has 34 heavy (non-hydrogen) atoms. The summed E-state index contributed by atoms with van der Waals surface area (Å²) in [6.07, 6.45) is -0.0561. The Morgan fingerprint density at radius 1 is 0.912 bits per heavy atom. The Bertz CT molecular complexity index is 862. The summed E-state index contributed by atoms with van der Waals surface area (Å²) < 4.78 is 0. The molecule has 1 aromatic rings. The fourth-order valence-corrected chi connectivity index (χ4v) is 3.00. The van der Waals surface area contributed by atoms with Crippen LogP contribution >= 0.6 is 0 Å². The predicted octanol–water partition coefficient (Wildman–Crippen LogP) is -1.99. The quantitative estimate of drug-likeness (QED) is 0.158. The SMILES string of the molecule is CC(C)C(NC(=O)C(N)CCC(N)=O)C(=O)NC(Cc1ccccc1)C(=O)NC(CO)C(=O)O. The molecule has 0 saturated heterocycles. The van der Waals surface area contributed by atoms with E-state index >= 15 is 0 Å². The van der Waals surface area contributed by atoms with E-state index in [4.69, 9.17) is 16.6 Å². The van der Waals surface area contributed by atoms with Gasteiger partial charge in [0.2, 0.25) is 23.6 Å². The number of nitrogens with one attached hydrogen (secondary N) is 3. The number of rotatable bonds is 14. The molecule has 12 nitrogen and oxygen atoms in total. The summed E-state index contributed by atoms with van der Waals surface area (Å²) in [5, 5.41) is 25.6. The Morgan fingerprint density at radius 2 is 1.50 bits per heavy atom. The molecule has 0 fully saturated rings. The number of hydrogen-bond acceptors (Lipinski definition) is 7. The molecule has 188 valence electrons. The van der Waals surface area contributed by atoms with Gasteiger partial charge in [-0.3, -0.25) is 19.2 Å². The number of carbonyl (C=O) groups excluding carboxylic acids is 4. The third-order valence-corrected chi connectivity index (χ3v) is 5.00. The zero-order valence-corrected chi connectivity index (χ0v) is 19.2. The zero-order chi connectivity index (χ0) is 25.8. The number of carboxylic acids is 1. The molecule has 0 bridgehead atoms. The van der Waals surface area contributed by atoms with Crippen molar-refractivity contribution in [2.45, 2.75) is 57.3 Å². The van der Waals surface area contributed by atoms with E-state index in [9.17, 15) is 29.1 Å². The van der Waals surface area contributed by atoms with Gasteiger partial charge in [0.25, 0.3) is 0 Å². The number of carbonyl (C=O) groups is 5. The minimum Gasteiger partial charge on any atom is -0.480 e. The van der Waals surface area contributed by atoms with E-state index in [0.717, 1.165) is 0 Å². The number of aliphatic hydroxyl groups excluding tert-OH is 1. The van der Waals surface area contributed by atoms with Crippen LogP contribution in [0.3, 0.4) is 0 Å². The van der Waals surface area contributed by atoms with Gasteiger partial charge in [-0.2, -0.15) is 0 Å². The van der Waals surface area contributed by atoms with Crippen molar-refractivity contribution in [1.29, 1.82) is 0 Å². The van der Waals surface area contributed by atoms with Crippen LogP contribution in [0.4, 0.5) is 0 Å². The summed E-state index contributed by atoms with van der Waals surface area (Å²) >= 11 is 0. The Kier molecular flexibility index (Phi) is 11.7. The van der Waals surface area contributed by atoms with E-state index < -0.39 is 66.3 Å². The molecule has 0 radical (unpaired) electrons. The van der Waals surface area contributed by atoms with Gasteiger partial charge in [0.15, 0.2) is 0 Å². The maximum atomic E-state index is 13.0. The summed E-state index contributed by atoms with van der Waals surface area (Å²) in [6, 6.07) is 3.84. The first-order valence-corrected chi connectivity index (χ1v) is 10.8. The molecule has 4 atom stereocenters. The van der Waals surface area contributed by atoms with Crippen molar-refractivity contribution < 1.29 is 34.2 Å². The molecule has 9 N–H and O–H groups in total. The summed E-state index contributed by atoms with van der Waals surface area (Å²) in [7, 11) is 0. The van der Waals surface area contributed by atoms with Gasteiger partial charge in [-0.1, -0.05) is 44.2 Å². The Hall–Kier alpha value is -3.51. The third-order valence-electron chi connectivity index (χ3n) is 5.00. The van der Waals surface area contributed by atoms with E-state index in [0.29, 0.717) is 5.56 Å². The lowest BCUT2D eigenvalue weighted by Crippen LogP contribution is -2.59. The van der Waals surface area contributed by atoms with Crippen LogP contribution in [0.5, 0.6) is 0 Å². The van der Waals surface area contributed by atoms with Crippen molar-refractivity contribution in [1.82, 2.24) is 16.0 Å². The van der Waals surface area contributed by atoms with Gasteiger partial charge in [0.05, 0.1) is 12.6 Å². The predicted molar refractivity (Wildman–Crippen MR) is 122 cm³/mol. The number of carboxylic acid groups (broad SMARTS) is 1. The van der Waals surface area contributed by atoms with Crippen LogP contribution in [-0.2, 0) is 30.4 Å². The first-order chi connectivity index (χ1) is 16.0. The monoisotopic (exact) mass is 479 g/mol.